The summed E-state index contributed by atoms with van der Waals surface area (Å²) in [6.07, 6.45) is 2.70. The number of hydrogen-bond donors (Lipinski definition) is 0. The number of benzene rings is 2. The van der Waals surface area contributed by atoms with E-state index in [0.717, 1.165) is 16.5 Å². The summed E-state index contributed by atoms with van der Waals surface area (Å²) >= 11 is 4.89. The van der Waals surface area contributed by atoms with Gasteiger partial charge in [0.15, 0.2) is 23.1 Å². The Morgan fingerprint density at radius 1 is 1.19 bits per heavy atom. The number of aromatic nitrogens is 1. The van der Waals surface area contributed by atoms with Crippen molar-refractivity contribution in [2.24, 2.45) is 5.41 Å². The lowest BCUT2D eigenvalue weighted by Crippen LogP contribution is -2.52. The first-order chi connectivity index (χ1) is 17.2. The number of nitrogens with zero attached hydrogens (tertiary/aromatic N) is 2. The number of esters is 1. The van der Waals surface area contributed by atoms with Crippen LogP contribution in [0, 0.1) is 17.0 Å². The summed E-state index contributed by atoms with van der Waals surface area (Å²) in [6, 6.07) is 9.37. The third-order valence-electron chi connectivity index (χ3n) is 7.04. The van der Waals surface area contributed by atoms with Crippen LogP contribution in [0.15, 0.2) is 56.8 Å². The summed E-state index contributed by atoms with van der Waals surface area (Å²) in [6.45, 7) is 1.47. The monoisotopic (exact) mass is 572 g/mol. The smallest absolute Gasteiger partial charge is 0.308 e. The lowest BCUT2D eigenvalue weighted by molar-refractivity contribution is -0.132. The van der Waals surface area contributed by atoms with Crippen LogP contribution in [0.1, 0.15) is 53.0 Å². The first-order valence-electron chi connectivity index (χ1n) is 11.4. The average molecular weight is 573 g/mol. The third kappa shape index (κ3) is 3.45. The molecule has 10 heteroatoms. The Balaban J connectivity index is 1.66. The fraction of sp³-hybridized carbons (Fsp3) is 0.269. The molecule has 3 aromatic rings. The molecule has 1 aliphatic carbocycles. The van der Waals surface area contributed by atoms with Crippen molar-refractivity contribution < 1.29 is 23.1 Å². The molecule has 1 aromatic heterocycles. The molecule has 0 saturated heterocycles. The Labute approximate surface area is 217 Å². The van der Waals surface area contributed by atoms with Gasteiger partial charge in [0.05, 0.1) is 11.5 Å². The van der Waals surface area contributed by atoms with Crippen LogP contribution in [-0.4, -0.2) is 23.0 Å². The molecular formula is C26H19BrF2N2O4S. The van der Waals surface area contributed by atoms with Crippen molar-refractivity contribution in [3.05, 3.63) is 91.3 Å². The van der Waals surface area contributed by atoms with Gasteiger partial charge in [-0.15, -0.1) is 11.8 Å². The topological polar surface area (TPSA) is 68.6 Å². The van der Waals surface area contributed by atoms with Gasteiger partial charge in [-0.2, -0.15) is 0 Å². The molecule has 6 rings (SSSR count). The molecule has 1 spiro atoms. The summed E-state index contributed by atoms with van der Waals surface area (Å²) < 4.78 is 36.9. The summed E-state index contributed by atoms with van der Waals surface area (Å²) in [5.41, 5.74) is 0.317. The SMILES string of the molecule is CC(=O)Oc1c2n(ccc1=O)N([C@H]1c3ccccc3SCc3c(F)c(F)cc(Br)c31)CC1(CC1)C2=O. The Morgan fingerprint density at radius 2 is 1.94 bits per heavy atom. The molecule has 0 bridgehead atoms. The van der Waals surface area contributed by atoms with E-state index in [9.17, 15) is 18.8 Å². The van der Waals surface area contributed by atoms with E-state index >= 15 is 4.39 Å². The molecule has 3 heterocycles. The molecule has 36 heavy (non-hydrogen) atoms. The first kappa shape index (κ1) is 23.4. The fourth-order valence-corrected chi connectivity index (χ4v) is 6.94. The van der Waals surface area contributed by atoms with E-state index in [4.69, 9.17) is 4.74 Å². The maximum Gasteiger partial charge on any atom is 0.308 e. The molecule has 2 aliphatic heterocycles. The molecule has 184 valence electrons. The van der Waals surface area contributed by atoms with E-state index in [1.807, 2.05) is 29.3 Å². The number of halogens is 3. The maximum atomic E-state index is 15.2. The highest BCUT2D eigenvalue weighted by Crippen LogP contribution is 2.54. The maximum absolute atomic E-state index is 15.2. The normalized spacial score (nSPS) is 19.3. The minimum atomic E-state index is -0.945. The lowest BCUT2D eigenvalue weighted by atomic mass is 9.89. The molecule has 6 nitrogen and oxygen atoms in total. The largest absolute Gasteiger partial charge is 0.420 e. The number of thioether (sulfide) groups is 1. The molecule has 2 aromatic carbocycles. The zero-order valence-corrected chi connectivity index (χ0v) is 21.4. The van der Waals surface area contributed by atoms with Gasteiger partial charge in [-0.1, -0.05) is 34.1 Å². The van der Waals surface area contributed by atoms with E-state index in [1.54, 1.807) is 4.68 Å². The first-order valence-corrected chi connectivity index (χ1v) is 13.1. The van der Waals surface area contributed by atoms with E-state index in [0.29, 0.717) is 29.4 Å². The van der Waals surface area contributed by atoms with Gasteiger partial charge in [-0.05, 0) is 30.5 Å². The van der Waals surface area contributed by atoms with E-state index in [-0.39, 0.29) is 28.5 Å². The minimum absolute atomic E-state index is 0.00362. The molecule has 3 aliphatic rings. The Hall–Kier alpha value is -2.98. The second-order valence-corrected chi connectivity index (χ2v) is 11.1. The number of carbonyl (C=O) groups excluding carboxylic acids is 2. The van der Waals surface area contributed by atoms with Crippen LogP contribution in [0.4, 0.5) is 8.78 Å². The number of ether oxygens (including phenoxy) is 1. The number of carbonyl (C=O) groups is 2. The number of Topliss-reactive ketones (excluding diaryl/α,β-unsaturated/α-hetero) is 1. The number of ketones is 1. The van der Waals surface area contributed by atoms with Gasteiger partial charge in [-0.3, -0.25) is 24.1 Å². The van der Waals surface area contributed by atoms with Crippen LogP contribution in [0.25, 0.3) is 0 Å². The van der Waals surface area contributed by atoms with Gasteiger partial charge in [0.2, 0.25) is 11.2 Å². The second kappa shape index (κ2) is 8.27. The molecule has 1 fully saturated rings. The van der Waals surface area contributed by atoms with Crippen molar-refractivity contribution in [2.75, 3.05) is 11.6 Å². The van der Waals surface area contributed by atoms with E-state index in [1.165, 1.54) is 30.9 Å². The standard InChI is InChI=1S/C26H19BrF2N2O4S/c1-13(32)35-24-18(33)6-9-30-23(24)25(34)26(7-8-26)12-31(30)22-14-4-2-3-5-19(14)36-11-15-20(22)16(27)10-17(28)21(15)29/h2-6,9-10,22H,7-8,11-12H2,1H3/t22-/m0/s1. The quantitative estimate of drug-likeness (QED) is 0.313. The molecule has 1 atom stereocenters. The summed E-state index contributed by atoms with van der Waals surface area (Å²) in [4.78, 5) is 39.0. The van der Waals surface area contributed by atoms with Crippen molar-refractivity contribution in [1.29, 1.82) is 0 Å². The molecule has 0 unspecified atom stereocenters. The summed E-state index contributed by atoms with van der Waals surface area (Å²) in [7, 11) is 0. The Morgan fingerprint density at radius 3 is 2.67 bits per heavy atom. The number of hydrogen-bond acceptors (Lipinski definition) is 6. The van der Waals surface area contributed by atoms with Crippen molar-refractivity contribution in [3.63, 3.8) is 0 Å². The van der Waals surface area contributed by atoms with Gasteiger partial charge < -0.3 is 4.74 Å². The highest BCUT2D eigenvalue weighted by atomic mass is 79.9. The van der Waals surface area contributed by atoms with E-state index < -0.39 is 34.5 Å². The number of pyridine rings is 1. The van der Waals surface area contributed by atoms with Crippen LogP contribution in [0.2, 0.25) is 0 Å². The predicted molar refractivity (Wildman–Crippen MR) is 133 cm³/mol. The van der Waals surface area contributed by atoms with Crippen LogP contribution in [-0.2, 0) is 10.5 Å². The molecule has 0 radical (unpaired) electrons. The van der Waals surface area contributed by atoms with Crippen molar-refractivity contribution in [2.45, 2.75) is 36.5 Å². The average Bonchev–Trinajstić information content (AvgIpc) is 3.64. The highest BCUT2D eigenvalue weighted by Gasteiger charge is 2.57. The van der Waals surface area contributed by atoms with Gasteiger partial charge in [0, 0.05) is 52.0 Å². The van der Waals surface area contributed by atoms with Gasteiger partial charge in [0.1, 0.15) is 0 Å². The zero-order chi connectivity index (χ0) is 25.4. The van der Waals surface area contributed by atoms with Crippen molar-refractivity contribution in [1.82, 2.24) is 4.68 Å². The van der Waals surface area contributed by atoms with Crippen LogP contribution in [0.3, 0.4) is 0 Å². The summed E-state index contributed by atoms with van der Waals surface area (Å²) in [5, 5.41) is 1.90. The van der Waals surface area contributed by atoms with Gasteiger partial charge in [-0.25, -0.2) is 8.78 Å². The summed E-state index contributed by atoms with van der Waals surface area (Å²) in [5.74, 6) is -2.91. The molecule has 0 N–H and O–H groups in total. The Bertz CT molecular complexity index is 1540. The van der Waals surface area contributed by atoms with Gasteiger partial charge in [0.25, 0.3) is 0 Å². The number of rotatable bonds is 2. The highest BCUT2D eigenvalue weighted by molar-refractivity contribution is 9.10. The van der Waals surface area contributed by atoms with Crippen LogP contribution in [0.5, 0.6) is 5.75 Å². The van der Waals surface area contributed by atoms with Crippen LogP contribution >= 0.6 is 27.7 Å². The Kier molecular flexibility index (Phi) is 5.38. The molecular weight excluding hydrogens is 554 g/mol. The minimum Gasteiger partial charge on any atom is -0.420 e. The zero-order valence-electron chi connectivity index (χ0n) is 19.0. The van der Waals surface area contributed by atoms with Crippen molar-refractivity contribution >= 4 is 39.4 Å². The van der Waals surface area contributed by atoms with Crippen molar-refractivity contribution in [3.8, 4) is 5.75 Å². The molecule has 1 saturated carbocycles. The third-order valence-corrected chi connectivity index (χ3v) is 8.81. The lowest BCUT2D eigenvalue weighted by Gasteiger charge is -2.43. The molecule has 0 amide bonds. The predicted octanol–water partition coefficient (Wildman–Crippen LogP) is 5.12. The second-order valence-electron chi connectivity index (χ2n) is 9.28. The fourth-order valence-electron chi connectivity index (χ4n) is 5.18. The van der Waals surface area contributed by atoms with Crippen LogP contribution < -0.4 is 15.2 Å². The number of fused-ring (bicyclic) bond motifs is 3. The van der Waals surface area contributed by atoms with Gasteiger partial charge >= 0.3 is 5.97 Å². The van der Waals surface area contributed by atoms with E-state index in [2.05, 4.69) is 15.9 Å².